The molecule has 0 bridgehead atoms. The summed E-state index contributed by atoms with van der Waals surface area (Å²) >= 11 is 0. The van der Waals surface area contributed by atoms with Gasteiger partial charge in [-0.05, 0) is 50.3 Å². The fourth-order valence-corrected chi connectivity index (χ4v) is 5.47. The minimum Gasteiger partial charge on any atom is -0.368 e. The number of benzene rings is 1. The molecule has 1 saturated heterocycles. The van der Waals surface area contributed by atoms with Gasteiger partial charge in [0.25, 0.3) is 5.91 Å². The van der Waals surface area contributed by atoms with Crippen LogP contribution in [-0.2, 0) is 11.2 Å². The van der Waals surface area contributed by atoms with Crippen LogP contribution in [0.4, 0.5) is 0 Å². The molecular weight excluding hydrogens is 390 g/mol. The fourth-order valence-electron chi connectivity index (χ4n) is 5.47. The summed E-state index contributed by atoms with van der Waals surface area (Å²) in [7, 11) is 0. The number of carbonyl (C=O) groups is 1. The molecule has 31 heavy (non-hydrogen) atoms. The molecule has 2 fully saturated rings. The summed E-state index contributed by atoms with van der Waals surface area (Å²) in [6.45, 7) is 6.40. The number of hydrogen-bond donors (Lipinski definition) is 2. The summed E-state index contributed by atoms with van der Waals surface area (Å²) < 4.78 is 7.80. The van der Waals surface area contributed by atoms with Crippen LogP contribution >= 0.6 is 0 Å². The molecule has 2 aromatic rings. The van der Waals surface area contributed by atoms with Gasteiger partial charge in [0, 0.05) is 30.5 Å². The van der Waals surface area contributed by atoms with Gasteiger partial charge in [0.1, 0.15) is 5.82 Å². The maximum atomic E-state index is 12.9. The molecular formula is C25H37N3O3. The zero-order valence-electron chi connectivity index (χ0n) is 19.1. The van der Waals surface area contributed by atoms with Crippen LogP contribution in [0.1, 0.15) is 94.4 Å². The highest BCUT2D eigenvalue weighted by Gasteiger charge is 2.27. The second-order valence-corrected chi connectivity index (χ2v) is 9.47. The first kappa shape index (κ1) is 22.3. The number of ether oxygens (including phenoxy) is 1. The van der Waals surface area contributed by atoms with Crippen LogP contribution in [0, 0.1) is 5.92 Å². The Morgan fingerprint density at radius 1 is 1.26 bits per heavy atom. The molecule has 4 rings (SSSR count). The van der Waals surface area contributed by atoms with E-state index in [1.165, 1.54) is 31.5 Å². The van der Waals surface area contributed by atoms with Gasteiger partial charge in [-0.2, -0.15) is 0 Å². The van der Waals surface area contributed by atoms with Crippen LogP contribution in [0.5, 0.6) is 0 Å². The molecule has 2 heterocycles. The van der Waals surface area contributed by atoms with Crippen molar-refractivity contribution in [1.82, 2.24) is 14.9 Å². The number of rotatable bonds is 7. The largest absolute Gasteiger partial charge is 0.368 e. The third-order valence-corrected chi connectivity index (χ3v) is 7.11. The van der Waals surface area contributed by atoms with Gasteiger partial charge in [0.15, 0.2) is 6.29 Å². The normalized spacial score (nSPS) is 24.9. The number of nitrogens with one attached hydrogen (secondary N) is 1. The molecule has 6 nitrogen and oxygen atoms in total. The Labute approximate surface area is 185 Å². The predicted molar refractivity (Wildman–Crippen MR) is 122 cm³/mol. The van der Waals surface area contributed by atoms with Gasteiger partial charge in [-0.1, -0.05) is 39.5 Å². The SMILES string of the molecule is CCC(CC)n1c(CC2CCCC2)nc2cc(C(=O)N[C@H]3CC(C)OC(O)C3)ccc21. The van der Waals surface area contributed by atoms with Crippen LogP contribution in [-0.4, -0.2) is 39.0 Å². The zero-order valence-corrected chi connectivity index (χ0v) is 19.1. The first-order valence-electron chi connectivity index (χ1n) is 12.1. The molecule has 1 amide bonds. The Bertz CT molecular complexity index is 889. The monoisotopic (exact) mass is 427 g/mol. The van der Waals surface area contributed by atoms with E-state index in [1.807, 2.05) is 19.1 Å². The van der Waals surface area contributed by atoms with E-state index >= 15 is 0 Å². The zero-order chi connectivity index (χ0) is 22.0. The molecule has 2 aliphatic rings. The second-order valence-electron chi connectivity index (χ2n) is 9.47. The molecule has 0 spiro atoms. The van der Waals surface area contributed by atoms with Crippen molar-refractivity contribution in [2.24, 2.45) is 5.92 Å². The summed E-state index contributed by atoms with van der Waals surface area (Å²) in [5.74, 6) is 1.80. The number of aliphatic hydroxyl groups is 1. The minimum atomic E-state index is -0.814. The highest BCUT2D eigenvalue weighted by molar-refractivity contribution is 5.97. The van der Waals surface area contributed by atoms with E-state index < -0.39 is 6.29 Å². The predicted octanol–water partition coefficient (Wildman–Crippen LogP) is 4.75. The first-order chi connectivity index (χ1) is 15.0. The average molecular weight is 428 g/mol. The lowest BCUT2D eigenvalue weighted by molar-refractivity contribution is -0.163. The molecule has 1 aliphatic carbocycles. The van der Waals surface area contributed by atoms with Crippen molar-refractivity contribution in [2.45, 2.75) is 103 Å². The van der Waals surface area contributed by atoms with Gasteiger partial charge >= 0.3 is 0 Å². The van der Waals surface area contributed by atoms with E-state index in [4.69, 9.17) is 9.72 Å². The van der Waals surface area contributed by atoms with E-state index in [9.17, 15) is 9.90 Å². The van der Waals surface area contributed by atoms with Gasteiger partial charge in [0.05, 0.1) is 17.1 Å². The maximum absolute atomic E-state index is 12.9. The third-order valence-electron chi connectivity index (χ3n) is 7.11. The topological polar surface area (TPSA) is 76.4 Å². The van der Waals surface area contributed by atoms with E-state index in [1.54, 1.807) is 0 Å². The summed E-state index contributed by atoms with van der Waals surface area (Å²) in [5, 5.41) is 12.9. The lowest BCUT2D eigenvalue weighted by Crippen LogP contribution is -2.44. The van der Waals surface area contributed by atoms with Crippen molar-refractivity contribution in [3.63, 3.8) is 0 Å². The molecule has 170 valence electrons. The molecule has 1 aromatic heterocycles. The van der Waals surface area contributed by atoms with Crippen LogP contribution in [0.25, 0.3) is 11.0 Å². The molecule has 6 heteroatoms. The average Bonchev–Trinajstić information content (AvgIpc) is 3.36. The maximum Gasteiger partial charge on any atom is 0.251 e. The van der Waals surface area contributed by atoms with Crippen LogP contribution < -0.4 is 5.32 Å². The molecule has 1 aliphatic heterocycles. The molecule has 2 unspecified atom stereocenters. The fraction of sp³-hybridized carbons (Fsp3) is 0.680. The van der Waals surface area contributed by atoms with Crippen molar-refractivity contribution in [2.75, 3.05) is 0 Å². The number of aliphatic hydroxyl groups excluding tert-OH is 1. The van der Waals surface area contributed by atoms with Gasteiger partial charge in [-0.3, -0.25) is 4.79 Å². The van der Waals surface area contributed by atoms with Gasteiger partial charge in [-0.15, -0.1) is 0 Å². The number of fused-ring (bicyclic) bond motifs is 1. The number of carbonyl (C=O) groups excluding carboxylic acids is 1. The van der Waals surface area contributed by atoms with E-state index in [-0.39, 0.29) is 18.1 Å². The summed E-state index contributed by atoms with van der Waals surface area (Å²) in [4.78, 5) is 17.9. The Morgan fingerprint density at radius 3 is 2.68 bits per heavy atom. The van der Waals surface area contributed by atoms with Crippen LogP contribution in [0.3, 0.4) is 0 Å². The summed E-state index contributed by atoms with van der Waals surface area (Å²) in [6, 6.07) is 6.26. The Hall–Kier alpha value is -1.92. The minimum absolute atomic E-state index is 0.0644. The molecule has 2 N–H and O–H groups in total. The lowest BCUT2D eigenvalue weighted by Gasteiger charge is -2.31. The Balaban J connectivity index is 1.59. The lowest BCUT2D eigenvalue weighted by atomic mass is 10.0. The first-order valence-corrected chi connectivity index (χ1v) is 12.1. The van der Waals surface area contributed by atoms with Crippen molar-refractivity contribution < 1.29 is 14.6 Å². The van der Waals surface area contributed by atoms with Crippen molar-refractivity contribution >= 4 is 16.9 Å². The molecule has 1 saturated carbocycles. The molecule has 1 aromatic carbocycles. The number of hydrogen-bond acceptors (Lipinski definition) is 4. The van der Waals surface area contributed by atoms with Crippen LogP contribution in [0.15, 0.2) is 18.2 Å². The Morgan fingerprint density at radius 2 is 2.00 bits per heavy atom. The highest BCUT2D eigenvalue weighted by Crippen LogP contribution is 2.32. The van der Waals surface area contributed by atoms with E-state index in [2.05, 4.69) is 29.8 Å². The number of amides is 1. The number of imidazole rings is 1. The standard InChI is InChI=1S/C25H37N3O3/c1-4-20(5-2)28-22-11-10-18(25(30)26-19-12-16(3)31-24(29)15-19)14-21(22)27-23(28)13-17-8-6-7-9-17/h10-11,14,16-17,19-20,24,29H,4-9,12-13,15H2,1-3H3,(H,26,30)/t16?,19-,24?/m0/s1. The number of aromatic nitrogens is 2. The second kappa shape index (κ2) is 9.70. The third kappa shape index (κ3) is 4.96. The van der Waals surface area contributed by atoms with E-state index in [0.29, 0.717) is 24.4 Å². The molecule has 3 atom stereocenters. The van der Waals surface area contributed by atoms with Gasteiger partial charge < -0.3 is 19.7 Å². The van der Waals surface area contributed by atoms with Crippen molar-refractivity contribution in [3.8, 4) is 0 Å². The summed E-state index contributed by atoms with van der Waals surface area (Å²) in [5.41, 5.74) is 2.67. The Kier molecular flexibility index (Phi) is 6.97. The smallest absolute Gasteiger partial charge is 0.251 e. The quantitative estimate of drug-likeness (QED) is 0.669. The highest BCUT2D eigenvalue weighted by atomic mass is 16.6. The van der Waals surface area contributed by atoms with Crippen molar-refractivity contribution in [1.29, 1.82) is 0 Å². The van der Waals surface area contributed by atoms with Gasteiger partial charge in [-0.25, -0.2) is 4.98 Å². The summed E-state index contributed by atoms with van der Waals surface area (Å²) in [6.07, 6.45) is 8.70. The van der Waals surface area contributed by atoms with Crippen molar-refractivity contribution in [3.05, 3.63) is 29.6 Å². The van der Waals surface area contributed by atoms with Crippen LogP contribution in [0.2, 0.25) is 0 Å². The molecule has 0 radical (unpaired) electrons. The van der Waals surface area contributed by atoms with Gasteiger partial charge in [0.2, 0.25) is 0 Å². The van der Waals surface area contributed by atoms with E-state index in [0.717, 1.165) is 36.2 Å². The number of nitrogens with zero attached hydrogens (tertiary/aromatic N) is 2.